The van der Waals surface area contributed by atoms with Crippen LogP contribution >= 0.6 is 12.8 Å². The summed E-state index contributed by atoms with van der Waals surface area (Å²) in [6, 6.07) is 13.6. The zero-order valence-corrected chi connectivity index (χ0v) is 18.7. The molecule has 0 unspecified atom stereocenters. The Morgan fingerprint density at radius 3 is 2.33 bits per heavy atom. The van der Waals surface area contributed by atoms with Crippen molar-refractivity contribution in [1.82, 2.24) is 15.1 Å². The van der Waals surface area contributed by atoms with Crippen LogP contribution in [0.4, 0.5) is 23.7 Å². The van der Waals surface area contributed by atoms with E-state index in [0.717, 1.165) is 41.7 Å². The summed E-state index contributed by atoms with van der Waals surface area (Å²) in [5.41, 5.74) is -0.452. The molecule has 33 heavy (non-hydrogen) atoms. The Morgan fingerprint density at radius 2 is 1.73 bits per heavy atom. The van der Waals surface area contributed by atoms with Gasteiger partial charge in [0.05, 0.1) is 23.1 Å². The van der Waals surface area contributed by atoms with E-state index in [1.54, 1.807) is 30.3 Å². The fraction of sp³-hybridized carbons (Fsp3) is 0.261. The molecule has 0 saturated heterocycles. The summed E-state index contributed by atoms with van der Waals surface area (Å²) >= 11 is 4.09. The smallest absolute Gasteiger partial charge is 0.273 e. The second-order valence-electron chi connectivity index (χ2n) is 7.35. The molecule has 1 aromatic heterocycles. The van der Waals surface area contributed by atoms with E-state index in [4.69, 9.17) is 0 Å². The Bertz CT molecular complexity index is 1100. The summed E-state index contributed by atoms with van der Waals surface area (Å²) in [6.45, 7) is 2.12. The molecule has 1 N–H and O–H groups in total. The molecule has 0 aliphatic heterocycles. The normalized spacial score (nSPS) is 11.3. The van der Waals surface area contributed by atoms with E-state index < -0.39 is 29.4 Å². The fourth-order valence-corrected chi connectivity index (χ4v) is 3.45. The van der Waals surface area contributed by atoms with Crippen LogP contribution in [-0.4, -0.2) is 21.7 Å². The molecule has 0 spiro atoms. The van der Waals surface area contributed by atoms with Gasteiger partial charge in [-0.05, 0) is 42.7 Å². The number of hydrogen-bond donors (Lipinski definition) is 2. The molecule has 0 aliphatic carbocycles. The van der Waals surface area contributed by atoms with Crippen LogP contribution in [-0.2, 0) is 12.6 Å². The number of imide groups is 1. The van der Waals surface area contributed by atoms with Crippen molar-refractivity contribution in [3.05, 3.63) is 77.6 Å². The number of nitrogens with one attached hydrogen (secondary N) is 1. The van der Waals surface area contributed by atoms with Gasteiger partial charge < -0.3 is 0 Å². The Hall–Kier alpha value is -3.27. The van der Waals surface area contributed by atoms with E-state index in [1.807, 2.05) is 17.4 Å². The topological polar surface area (TPSA) is 67.2 Å². The molecule has 2 aromatic carbocycles. The first-order valence-corrected chi connectivity index (χ1v) is 10.8. The second-order valence-corrected chi connectivity index (χ2v) is 7.75. The number of alkyl halides is 3. The minimum atomic E-state index is -4.88. The lowest BCUT2D eigenvalue weighted by Crippen LogP contribution is -2.39. The Morgan fingerprint density at radius 1 is 1.06 bits per heavy atom. The first-order chi connectivity index (χ1) is 15.7. The fourth-order valence-electron chi connectivity index (χ4n) is 3.27. The van der Waals surface area contributed by atoms with Crippen LogP contribution in [0.5, 0.6) is 0 Å². The van der Waals surface area contributed by atoms with Gasteiger partial charge >= 0.3 is 12.2 Å². The summed E-state index contributed by atoms with van der Waals surface area (Å²) in [5.74, 6) is -1.23. The number of urea groups is 1. The van der Waals surface area contributed by atoms with Crippen LogP contribution < -0.4 is 9.62 Å². The molecule has 3 rings (SSSR count). The highest BCUT2D eigenvalue weighted by Gasteiger charge is 2.41. The molecule has 0 radical (unpaired) electrons. The van der Waals surface area contributed by atoms with E-state index >= 15 is 0 Å². The SMILES string of the molecule is CCCCCc1ccc(N(S)C(=O)NC(=O)c2cnn(-c3ccccc3)c2C(F)(F)F)cc1. The van der Waals surface area contributed by atoms with Crippen molar-refractivity contribution >= 4 is 30.4 Å². The minimum Gasteiger partial charge on any atom is -0.273 e. The highest BCUT2D eigenvalue weighted by Crippen LogP contribution is 2.33. The quantitative estimate of drug-likeness (QED) is 0.333. The third kappa shape index (κ3) is 5.95. The van der Waals surface area contributed by atoms with Crippen molar-refractivity contribution in [3.63, 3.8) is 0 Å². The molecule has 0 fully saturated rings. The third-order valence-electron chi connectivity index (χ3n) is 4.95. The number of thiol groups is 1. The van der Waals surface area contributed by atoms with Crippen molar-refractivity contribution in [3.8, 4) is 5.69 Å². The van der Waals surface area contributed by atoms with Crippen molar-refractivity contribution in [1.29, 1.82) is 0 Å². The van der Waals surface area contributed by atoms with Gasteiger partial charge in [-0.2, -0.15) is 18.3 Å². The maximum Gasteiger partial charge on any atom is 0.434 e. The van der Waals surface area contributed by atoms with Gasteiger partial charge in [-0.25, -0.2) is 13.8 Å². The molecule has 0 atom stereocenters. The van der Waals surface area contributed by atoms with E-state index in [9.17, 15) is 22.8 Å². The van der Waals surface area contributed by atoms with Crippen LogP contribution in [0.25, 0.3) is 5.69 Å². The predicted octanol–water partition coefficient (Wildman–Crippen LogP) is 5.83. The molecule has 0 aliphatic rings. The van der Waals surface area contributed by atoms with Gasteiger partial charge in [0.2, 0.25) is 0 Å². The molecule has 10 heteroatoms. The number of aryl methyl sites for hydroxylation is 1. The van der Waals surface area contributed by atoms with Crippen LogP contribution in [0.1, 0.15) is 47.8 Å². The summed E-state index contributed by atoms with van der Waals surface area (Å²) < 4.78 is 42.7. The van der Waals surface area contributed by atoms with Crippen LogP contribution in [0, 0.1) is 0 Å². The Balaban J connectivity index is 1.76. The zero-order valence-electron chi connectivity index (χ0n) is 17.8. The first kappa shape index (κ1) is 24.4. The maximum absolute atomic E-state index is 13.7. The summed E-state index contributed by atoms with van der Waals surface area (Å²) in [7, 11) is 0. The maximum atomic E-state index is 13.7. The number of benzene rings is 2. The lowest BCUT2D eigenvalue weighted by atomic mass is 10.1. The number of aromatic nitrogens is 2. The monoisotopic (exact) mass is 476 g/mol. The number of amides is 3. The van der Waals surface area contributed by atoms with Gasteiger partial charge in [-0.1, -0.05) is 62.9 Å². The molecule has 3 aromatic rings. The number of carbonyl (C=O) groups is 2. The number of para-hydroxylation sites is 1. The summed E-state index contributed by atoms with van der Waals surface area (Å²) in [5, 5.41) is 5.66. The van der Waals surface area contributed by atoms with E-state index in [-0.39, 0.29) is 5.69 Å². The lowest BCUT2D eigenvalue weighted by molar-refractivity contribution is -0.143. The summed E-state index contributed by atoms with van der Waals surface area (Å²) in [4.78, 5) is 25.0. The second kappa shape index (κ2) is 10.6. The van der Waals surface area contributed by atoms with Gasteiger partial charge in [0.1, 0.15) is 0 Å². The van der Waals surface area contributed by atoms with Gasteiger partial charge in [-0.3, -0.25) is 10.1 Å². The van der Waals surface area contributed by atoms with Gasteiger partial charge in [0.15, 0.2) is 5.69 Å². The van der Waals surface area contributed by atoms with E-state index in [2.05, 4.69) is 24.8 Å². The molecule has 0 saturated carbocycles. The average molecular weight is 477 g/mol. The number of carbonyl (C=O) groups excluding carboxylic acids is 2. The van der Waals surface area contributed by atoms with Crippen LogP contribution in [0.2, 0.25) is 0 Å². The summed E-state index contributed by atoms with van der Waals surface area (Å²) in [6.07, 6.45) is 0.0794. The van der Waals surface area contributed by atoms with Gasteiger partial charge in [-0.15, -0.1) is 0 Å². The van der Waals surface area contributed by atoms with Crippen molar-refractivity contribution in [2.24, 2.45) is 0 Å². The molecule has 1 heterocycles. The lowest BCUT2D eigenvalue weighted by Gasteiger charge is -2.17. The van der Waals surface area contributed by atoms with Crippen LogP contribution in [0.3, 0.4) is 0 Å². The highest BCUT2D eigenvalue weighted by atomic mass is 32.1. The molecule has 0 bridgehead atoms. The van der Waals surface area contributed by atoms with E-state index in [1.165, 1.54) is 12.1 Å². The number of halogens is 3. The van der Waals surface area contributed by atoms with Crippen molar-refractivity contribution < 1.29 is 22.8 Å². The third-order valence-corrected chi connectivity index (χ3v) is 5.36. The van der Waals surface area contributed by atoms with Crippen molar-refractivity contribution in [2.75, 3.05) is 4.31 Å². The minimum absolute atomic E-state index is 0.130. The van der Waals surface area contributed by atoms with Gasteiger partial charge in [0.25, 0.3) is 5.91 Å². The molecular formula is C23H23F3N4O2S. The zero-order chi connectivity index (χ0) is 24.0. The number of unbranched alkanes of at least 4 members (excludes halogenated alkanes) is 2. The standard InChI is InChI=1S/C23H23F3N4O2S/c1-2-3-5-8-16-11-13-18(14-12-16)30(33)22(32)28-21(31)19-15-27-29(20(19)23(24,25)26)17-9-6-4-7-10-17/h4,6-7,9-15,33H,2-3,5,8H2,1H3,(H,28,31,32). The molecule has 3 amide bonds. The highest BCUT2D eigenvalue weighted by molar-refractivity contribution is 7.82. The average Bonchev–Trinajstić information content (AvgIpc) is 3.26. The number of hydrogen-bond acceptors (Lipinski definition) is 4. The molecule has 6 nitrogen and oxygen atoms in total. The number of nitrogens with zero attached hydrogens (tertiary/aromatic N) is 3. The number of anilines is 1. The predicted molar refractivity (Wildman–Crippen MR) is 123 cm³/mol. The largest absolute Gasteiger partial charge is 0.434 e. The van der Waals surface area contributed by atoms with Crippen molar-refractivity contribution in [2.45, 2.75) is 38.8 Å². The molecular weight excluding hydrogens is 453 g/mol. The van der Waals surface area contributed by atoms with E-state index in [0.29, 0.717) is 10.4 Å². The number of rotatable bonds is 7. The Kier molecular flexibility index (Phi) is 7.80. The van der Waals surface area contributed by atoms with Gasteiger partial charge in [0, 0.05) is 0 Å². The Labute approximate surface area is 194 Å². The first-order valence-electron chi connectivity index (χ1n) is 10.4. The molecule has 174 valence electrons. The van der Waals surface area contributed by atoms with Crippen LogP contribution in [0.15, 0.2) is 60.8 Å².